The van der Waals surface area contributed by atoms with E-state index in [1.54, 1.807) is 0 Å². The molecule has 1 aliphatic heterocycles. The molecular formula is C10H15ClN4O. The Balaban J connectivity index is 2.20. The van der Waals surface area contributed by atoms with Crippen molar-refractivity contribution in [3.63, 3.8) is 0 Å². The van der Waals surface area contributed by atoms with Crippen molar-refractivity contribution in [2.45, 2.75) is 12.8 Å². The van der Waals surface area contributed by atoms with E-state index in [0.717, 1.165) is 25.9 Å². The molecule has 1 unspecified atom stereocenters. The van der Waals surface area contributed by atoms with Crippen molar-refractivity contribution in [1.82, 2.24) is 9.97 Å². The van der Waals surface area contributed by atoms with E-state index in [-0.39, 0.29) is 6.61 Å². The zero-order chi connectivity index (χ0) is 11.5. The van der Waals surface area contributed by atoms with Crippen LogP contribution in [-0.2, 0) is 0 Å². The first-order valence-corrected chi connectivity index (χ1v) is 5.72. The van der Waals surface area contributed by atoms with E-state index in [2.05, 4.69) is 14.9 Å². The Morgan fingerprint density at radius 1 is 1.56 bits per heavy atom. The van der Waals surface area contributed by atoms with Crippen LogP contribution in [0.3, 0.4) is 0 Å². The monoisotopic (exact) mass is 242 g/mol. The molecule has 0 spiro atoms. The highest BCUT2D eigenvalue weighted by molar-refractivity contribution is 6.35. The van der Waals surface area contributed by atoms with Gasteiger partial charge in [-0.3, -0.25) is 0 Å². The van der Waals surface area contributed by atoms with E-state index in [1.165, 1.54) is 6.33 Å². The molecule has 1 aliphatic rings. The second kappa shape index (κ2) is 4.84. The van der Waals surface area contributed by atoms with Crippen LogP contribution in [0.4, 0.5) is 11.6 Å². The summed E-state index contributed by atoms with van der Waals surface area (Å²) in [6.07, 6.45) is 3.50. The second-order valence-electron chi connectivity index (χ2n) is 4.03. The fourth-order valence-corrected chi connectivity index (χ4v) is 2.22. The molecule has 0 aliphatic carbocycles. The highest BCUT2D eigenvalue weighted by Gasteiger charge is 2.22. The standard InChI is InChI=1S/C10H15ClN4O/c11-8-9(12)13-6-14-10(8)15-3-1-2-7(4-15)5-16/h6-7,16H,1-5H2,(H2,12,13,14). The Labute approximate surface area is 99.3 Å². The number of nitrogens with zero attached hydrogens (tertiary/aromatic N) is 3. The fraction of sp³-hybridized carbons (Fsp3) is 0.600. The van der Waals surface area contributed by atoms with Crippen LogP contribution in [0, 0.1) is 5.92 Å². The molecule has 3 N–H and O–H groups in total. The molecule has 0 bridgehead atoms. The van der Waals surface area contributed by atoms with Gasteiger partial charge in [0.2, 0.25) is 0 Å². The molecule has 0 radical (unpaired) electrons. The number of nitrogens with two attached hydrogens (primary N) is 1. The van der Waals surface area contributed by atoms with Gasteiger partial charge >= 0.3 is 0 Å². The summed E-state index contributed by atoms with van der Waals surface area (Å²) in [5.74, 6) is 1.27. The highest BCUT2D eigenvalue weighted by atomic mass is 35.5. The van der Waals surface area contributed by atoms with Gasteiger partial charge in [0.15, 0.2) is 5.82 Å². The average molecular weight is 243 g/mol. The van der Waals surface area contributed by atoms with Gasteiger partial charge in [0.25, 0.3) is 0 Å². The predicted octanol–water partition coefficient (Wildman–Crippen LogP) is 0.921. The van der Waals surface area contributed by atoms with Gasteiger partial charge in [-0.15, -0.1) is 0 Å². The van der Waals surface area contributed by atoms with Crippen LogP contribution in [0.1, 0.15) is 12.8 Å². The first-order chi connectivity index (χ1) is 7.72. The van der Waals surface area contributed by atoms with Crippen molar-refractivity contribution in [2.75, 3.05) is 30.3 Å². The zero-order valence-electron chi connectivity index (χ0n) is 8.93. The van der Waals surface area contributed by atoms with Crippen molar-refractivity contribution in [2.24, 2.45) is 5.92 Å². The number of hydrogen-bond donors (Lipinski definition) is 2. The molecule has 2 heterocycles. The Kier molecular flexibility index (Phi) is 3.46. The minimum atomic E-state index is 0.203. The van der Waals surface area contributed by atoms with Crippen LogP contribution < -0.4 is 10.6 Å². The number of piperidine rings is 1. The molecule has 6 heteroatoms. The lowest BCUT2D eigenvalue weighted by atomic mass is 9.99. The molecule has 0 amide bonds. The number of hydrogen-bond acceptors (Lipinski definition) is 5. The van der Waals surface area contributed by atoms with Gasteiger partial charge in [0, 0.05) is 19.7 Å². The Bertz CT molecular complexity index is 374. The average Bonchev–Trinajstić information content (AvgIpc) is 2.33. The quantitative estimate of drug-likeness (QED) is 0.807. The maximum absolute atomic E-state index is 9.16. The molecule has 88 valence electrons. The smallest absolute Gasteiger partial charge is 0.153 e. The van der Waals surface area contributed by atoms with Crippen LogP contribution >= 0.6 is 11.6 Å². The molecule has 1 saturated heterocycles. The largest absolute Gasteiger partial charge is 0.396 e. The van der Waals surface area contributed by atoms with E-state index in [0.29, 0.717) is 22.6 Å². The van der Waals surface area contributed by atoms with Crippen LogP contribution in [0.2, 0.25) is 5.02 Å². The van der Waals surface area contributed by atoms with Gasteiger partial charge in [-0.2, -0.15) is 0 Å². The van der Waals surface area contributed by atoms with E-state index in [4.69, 9.17) is 22.4 Å². The molecule has 1 atom stereocenters. The number of halogens is 1. The highest BCUT2D eigenvalue weighted by Crippen LogP contribution is 2.30. The SMILES string of the molecule is Nc1ncnc(N2CCCC(CO)C2)c1Cl. The van der Waals surface area contributed by atoms with Crippen molar-refractivity contribution in [3.05, 3.63) is 11.3 Å². The van der Waals surface area contributed by atoms with Crippen molar-refractivity contribution in [3.8, 4) is 0 Å². The summed E-state index contributed by atoms with van der Waals surface area (Å²) in [7, 11) is 0. The number of aromatic nitrogens is 2. The summed E-state index contributed by atoms with van der Waals surface area (Å²) in [6, 6.07) is 0. The van der Waals surface area contributed by atoms with Gasteiger partial charge in [-0.05, 0) is 18.8 Å². The minimum absolute atomic E-state index is 0.203. The summed E-state index contributed by atoms with van der Waals surface area (Å²) >= 11 is 6.06. The first kappa shape index (κ1) is 11.4. The molecular weight excluding hydrogens is 228 g/mol. The predicted molar refractivity (Wildman–Crippen MR) is 63.5 cm³/mol. The lowest BCUT2D eigenvalue weighted by Gasteiger charge is -2.33. The summed E-state index contributed by atoms with van der Waals surface area (Å²) in [5.41, 5.74) is 5.64. The number of aliphatic hydroxyl groups excluding tert-OH is 1. The van der Waals surface area contributed by atoms with E-state index in [1.807, 2.05) is 0 Å². The van der Waals surface area contributed by atoms with Gasteiger partial charge in [-0.1, -0.05) is 11.6 Å². The molecule has 1 fully saturated rings. The lowest BCUT2D eigenvalue weighted by molar-refractivity contribution is 0.208. The Morgan fingerprint density at radius 3 is 3.12 bits per heavy atom. The third-order valence-corrected chi connectivity index (χ3v) is 3.24. The maximum atomic E-state index is 9.16. The van der Waals surface area contributed by atoms with Gasteiger partial charge in [0.05, 0.1) is 0 Å². The molecule has 1 aromatic heterocycles. The lowest BCUT2D eigenvalue weighted by Crippen LogP contribution is -2.37. The molecule has 16 heavy (non-hydrogen) atoms. The third kappa shape index (κ3) is 2.20. The third-order valence-electron chi connectivity index (χ3n) is 2.87. The first-order valence-electron chi connectivity index (χ1n) is 5.34. The van der Waals surface area contributed by atoms with E-state index >= 15 is 0 Å². The summed E-state index contributed by atoms with van der Waals surface area (Å²) in [4.78, 5) is 10.0. The fourth-order valence-electron chi connectivity index (χ4n) is 2.00. The van der Waals surface area contributed by atoms with Crippen molar-refractivity contribution >= 4 is 23.2 Å². The molecule has 1 aromatic rings. The summed E-state index contributed by atoms with van der Waals surface area (Å²) < 4.78 is 0. The van der Waals surface area contributed by atoms with Crippen LogP contribution in [0.5, 0.6) is 0 Å². The van der Waals surface area contributed by atoms with Crippen LogP contribution in [0.25, 0.3) is 0 Å². The van der Waals surface area contributed by atoms with E-state index in [9.17, 15) is 0 Å². The summed E-state index contributed by atoms with van der Waals surface area (Å²) in [6.45, 7) is 1.87. The topological polar surface area (TPSA) is 75.3 Å². The van der Waals surface area contributed by atoms with Crippen LogP contribution in [0.15, 0.2) is 6.33 Å². The minimum Gasteiger partial charge on any atom is -0.396 e. The van der Waals surface area contributed by atoms with E-state index < -0.39 is 0 Å². The number of rotatable bonds is 2. The molecule has 5 nitrogen and oxygen atoms in total. The van der Waals surface area contributed by atoms with Crippen molar-refractivity contribution in [1.29, 1.82) is 0 Å². The Hall–Kier alpha value is -1.07. The van der Waals surface area contributed by atoms with Gasteiger partial charge < -0.3 is 15.7 Å². The second-order valence-corrected chi connectivity index (χ2v) is 4.41. The molecule has 0 saturated carbocycles. The number of aliphatic hydroxyl groups is 1. The van der Waals surface area contributed by atoms with Crippen LogP contribution in [-0.4, -0.2) is 34.8 Å². The zero-order valence-corrected chi connectivity index (χ0v) is 9.69. The van der Waals surface area contributed by atoms with Crippen molar-refractivity contribution < 1.29 is 5.11 Å². The maximum Gasteiger partial charge on any atom is 0.153 e. The number of anilines is 2. The Morgan fingerprint density at radius 2 is 2.38 bits per heavy atom. The summed E-state index contributed by atoms with van der Waals surface area (Å²) in [5, 5.41) is 9.57. The molecule has 2 rings (SSSR count). The number of nitrogen functional groups attached to an aromatic ring is 1. The molecule has 0 aromatic carbocycles. The normalized spacial score (nSPS) is 21.1. The van der Waals surface area contributed by atoms with Gasteiger partial charge in [-0.25, -0.2) is 9.97 Å². The van der Waals surface area contributed by atoms with Gasteiger partial charge in [0.1, 0.15) is 17.2 Å².